The van der Waals surface area contributed by atoms with Gasteiger partial charge >= 0.3 is 0 Å². The van der Waals surface area contributed by atoms with Crippen LogP contribution in [0.3, 0.4) is 0 Å². The van der Waals surface area contributed by atoms with Crippen molar-refractivity contribution >= 4 is 5.95 Å². The minimum Gasteiger partial charge on any atom is -0.354 e. The molecule has 0 aliphatic heterocycles. The first kappa shape index (κ1) is 14.9. The second kappa shape index (κ2) is 7.31. The van der Waals surface area contributed by atoms with Gasteiger partial charge in [0, 0.05) is 37.6 Å². The number of anilines is 1. The fourth-order valence-electron chi connectivity index (χ4n) is 2.06. The van der Waals surface area contributed by atoms with E-state index < -0.39 is 0 Å². The molecule has 0 aliphatic rings. The molecule has 102 valence electrons. The number of nitrogens with zero attached hydrogens (tertiary/aromatic N) is 3. The SMILES string of the molecule is Cc1cnc(NCCCN(C(C)C)C(C)C)nc1. The van der Waals surface area contributed by atoms with Crippen molar-refractivity contribution in [2.45, 2.75) is 53.1 Å². The topological polar surface area (TPSA) is 41.1 Å². The summed E-state index contributed by atoms with van der Waals surface area (Å²) in [5, 5.41) is 3.26. The largest absolute Gasteiger partial charge is 0.354 e. The third-order valence-corrected chi connectivity index (χ3v) is 2.98. The fourth-order valence-corrected chi connectivity index (χ4v) is 2.06. The third-order valence-electron chi connectivity index (χ3n) is 2.98. The van der Waals surface area contributed by atoms with Gasteiger partial charge in [-0.1, -0.05) is 0 Å². The van der Waals surface area contributed by atoms with Crippen molar-refractivity contribution in [2.24, 2.45) is 0 Å². The molecule has 1 N–H and O–H groups in total. The van der Waals surface area contributed by atoms with Crippen LogP contribution in [-0.4, -0.2) is 40.0 Å². The zero-order valence-electron chi connectivity index (χ0n) is 12.3. The third kappa shape index (κ3) is 5.00. The number of nitrogens with one attached hydrogen (secondary N) is 1. The van der Waals surface area contributed by atoms with Crippen LogP contribution in [0.2, 0.25) is 0 Å². The summed E-state index contributed by atoms with van der Waals surface area (Å²) < 4.78 is 0. The zero-order valence-corrected chi connectivity index (χ0v) is 12.3. The molecule has 0 amide bonds. The van der Waals surface area contributed by atoms with Gasteiger partial charge in [-0.05, 0) is 46.6 Å². The zero-order chi connectivity index (χ0) is 13.5. The van der Waals surface area contributed by atoms with Crippen LogP contribution in [0, 0.1) is 6.92 Å². The van der Waals surface area contributed by atoms with Gasteiger partial charge in [-0.3, -0.25) is 4.90 Å². The van der Waals surface area contributed by atoms with E-state index in [1.54, 1.807) is 0 Å². The van der Waals surface area contributed by atoms with Gasteiger partial charge in [0.05, 0.1) is 0 Å². The lowest BCUT2D eigenvalue weighted by Gasteiger charge is -2.30. The maximum Gasteiger partial charge on any atom is 0.222 e. The summed E-state index contributed by atoms with van der Waals surface area (Å²) in [7, 11) is 0. The van der Waals surface area contributed by atoms with Crippen molar-refractivity contribution in [1.29, 1.82) is 0 Å². The van der Waals surface area contributed by atoms with Crippen molar-refractivity contribution in [2.75, 3.05) is 18.4 Å². The van der Waals surface area contributed by atoms with Crippen LogP contribution >= 0.6 is 0 Å². The lowest BCUT2D eigenvalue weighted by Crippen LogP contribution is -2.38. The molecule has 1 rings (SSSR count). The Balaban J connectivity index is 2.27. The van der Waals surface area contributed by atoms with Crippen LogP contribution in [-0.2, 0) is 0 Å². The maximum atomic E-state index is 4.23. The predicted molar refractivity (Wildman–Crippen MR) is 76.9 cm³/mol. The number of aromatic nitrogens is 2. The molecule has 4 nitrogen and oxygen atoms in total. The monoisotopic (exact) mass is 250 g/mol. The Bertz CT molecular complexity index is 324. The van der Waals surface area contributed by atoms with Gasteiger partial charge in [-0.15, -0.1) is 0 Å². The summed E-state index contributed by atoms with van der Waals surface area (Å²) in [4.78, 5) is 11.0. The first-order chi connectivity index (χ1) is 8.50. The average Bonchev–Trinajstić information content (AvgIpc) is 2.30. The van der Waals surface area contributed by atoms with Crippen LogP contribution in [0.1, 0.15) is 39.7 Å². The molecule has 1 heterocycles. The Labute approximate surface area is 111 Å². The maximum absolute atomic E-state index is 4.23. The van der Waals surface area contributed by atoms with Crippen molar-refractivity contribution in [3.8, 4) is 0 Å². The van der Waals surface area contributed by atoms with Gasteiger partial charge in [0.2, 0.25) is 5.95 Å². The van der Waals surface area contributed by atoms with Crippen LogP contribution in [0.25, 0.3) is 0 Å². The minimum atomic E-state index is 0.598. The molecule has 18 heavy (non-hydrogen) atoms. The molecular weight excluding hydrogens is 224 g/mol. The highest BCUT2D eigenvalue weighted by Gasteiger charge is 2.12. The summed E-state index contributed by atoms with van der Waals surface area (Å²) >= 11 is 0. The molecule has 0 saturated carbocycles. The van der Waals surface area contributed by atoms with Gasteiger partial charge in [0.25, 0.3) is 0 Å². The van der Waals surface area contributed by atoms with E-state index in [4.69, 9.17) is 0 Å². The number of aryl methyl sites for hydroxylation is 1. The van der Waals surface area contributed by atoms with E-state index >= 15 is 0 Å². The van der Waals surface area contributed by atoms with Crippen LogP contribution < -0.4 is 5.32 Å². The summed E-state index contributed by atoms with van der Waals surface area (Å²) in [5.74, 6) is 0.723. The van der Waals surface area contributed by atoms with E-state index in [1.807, 2.05) is 19.3 Å². The second-order valence-corrected chi connectivity index (χ2v) is 5.29. The van der Waals surface area contributed by atoms with E-state index in [1.165, 1.54) is 0 Å². The summed E-state index contributed by atoms with van der Waals surface area (Å²) in [6.07, 6.45) is 4.78. The Morgan fingerprint density at radius 3 is 2.17 bits per heavy atom. The number of rotatable bonds is 7. The van der Waals surface area contributed by atoms with Crippen LogP contribution in [0.4, 0.5) is 5.95 Å². The van der Waals surface area contributed by atoms with E-state index in [-0.39, 0.29) is 0 Å². The molecule has 1 aromatic heterocycles. The highest BCUT2D eigenvalue weighted by Crippen LogP contribution is 2.06. The highest BCUT2D eigenvalue weighted by molar-refractivity contribution is 5.23. The molecule has 0 atom stereocenters. The Hall–Kier alpha value is -1.16. The van der Waals surface area contributed by atoms with Crippen molar-refractivity contribution in [1.82, 2.24) is 14.9 Å². The molecular formula is C14H26N4. The van der Waals surface area contributed by atoms with Gasteiger partial charge in [-0.2, -0.15) is 0 Å². The number of hydrogen-bond donors (Lipinski definition) is 1. The first-order valence-corrected chi connectivity index (χ1v) is 6.79. The molecule has 0 saturated heterocycles. The minimum absolute atomic E-state index is 0.598. The van der Waals surface area contributed by atoms with Gasteiger partial charge in [0.1, 0.15) is 0 Å². The molecule has 0 aliphatic carbocycles. The van der Waals surface area contributed by atoms with E-state index in [0.717, 1.165) is 31.0 Å². The van der Waals surface area contributed by atoms with E-state index in [9.17, 15) is 0 Å². The summed E-state index contributed by atoms with van der Waals surface area (Å²) in [6, 6.07) is 1.20. The predicted octanol–water partition coefficient (Wildman–Crippen LogP) is 2.71. The quantitative estimate of drug-likeness (QED) is 0.755. The summed E-state index contributed by atoms with van der Waals surface area (Å²) in [5.41, 5.74) is 1.09. The standard InChI is InChI=1S/C14H26N4/c1-11(2)18(12(3)4)8-6-7-15-14-16-9-13(5)10-17-14/h9-12H,6-8H2,1-5H3,(H,15,16,17). The number of hydrogen-bond acceptors (Lipinski definition) is 4. The van der Waals surface area contributed by atoms with E-state index in [2.05, 4.69) is 47.9 Å². The lowest BCUT2D eigenvalue weighted by atomic mass is 10.2. The molecule has 0 unspecified atom stereocenters. The lowest BCUT2D eigenvalue weighted by molar-refractivity contribution is 0.174. The van der Waals surface area contributed by atoms with Gasteiger partial charge in [-0.25, -0.2) is 9.97 Å². The molecule has 4 heteroatoms. The smallest absolute Gasteiger partial charge is 0.222 e. The van der Waals surface area contributed by atoms with Crippen molar-refractivity contribution in [3.05, 3.63) is 18.0 Å². The molecule has 0 fully saturated rings. The summed E-state index contributed by atoms with van der Waals surface area (Å²) in [6.45, 7) is 13.0. The van der Waals surface area contributed by atoms with E-state index in [0.29, 0.717) is 12.1 Å². The van der Waals surface area contributed by atoms with Gasteiger partial charge < -0.3 is 5.32 Å². The first-order valence-electron chi connectivity index (χ1n) is 6.79. The fraction of sp³-hybridized carbons (Fsp3) is 0.714. The van der Waals surface area contributed by atoms with Crippen LogP contribution in [0.5, 0.6) is 0 Å². The average molecular weight is 250 g/mol. The molecule has 1 aromatic rings. The Kier molecular flexibility index (Phi) is 6.05. The highest BCUT2D eigenvalue weighted by atomic mass is 15.2. The van der Waals surface area contributed by atoms with Crippen LogP contribution in [0.15, 0.2) is 12.4 Å². The normalized spacial score (nSPS) is 11.6. The van der Waals surface area contributed by atoms with Gasteiger partial charge in [0.15, 0.2) is 0 Å². The molecule has 0 aromatic carbocycles. The molecule has 0 radical (unpaired) electrons. The second-order valence-electron chi connectivity index (χ2n) is 5.29. The molecule has 0 spiro atoms. The Morgan fingerprint density at radius 1 is 1.11 bits per heavy atom. The van der Waals surface area contributed by atoms with Crippen molar-refractivity contribution in [3.63, 3.8) is 0 Å². The van der Waals surface area contributed by atoms with Crippen molar-refractivity contribution < 1.29 is 0 Å². The Morgan fingerprint density at radius 2 is 1.67 bits per heavy atom. The molecule has 0 bridgehead atoms.